The van der Waals surface area contributed by atoms with E-state index in [0.717, 1.165) is 0 Å². The van der Waals surface area contributed by atoms with Gasteiger partial charge in [-0.25, -0.2) is 0 Å². The van der Waals surface area contributed by atoms with Crippen molar-refractivity contribution in [2.24, 2.45) is 0 Å². The number of benzene rings is 2. The van der Waals surface area contributed by atoms with Crippen LogP contribution in [0.15, 0.2) is 60.7 Å². The van der Waals surface area contributed by atoms with E-state index >= 15 is 0 Å². The fourth-order valence-electron chi connectivity index (χ4n) is 3.46. The molecule has 1 saturated heterocycles. The molecule has 0 saturated carbocycles. The molecule has 1 heteroatoms. The van der Waals surface area contributed by atoms with E-state index in [9.17, 15) is 0 Å². The minimum absolute atomic E-state index is 0.601. The predicted octanol–water partition coefficient (Wildman–Crippen LogP) is 4.26. The zero-order valence-corrected chi connectivity index (χ0v) is 11.5. The molecule has 0 spiro atoms. The summed E-state index contributed by atoms with van der Waals surface area (Å²) in [5.41, 5.74) is 5.53. The Morgan fingerprint density at radius 1 is 0.800 bits per heavy atom. The number of rotatable bonds is 2. The Morgan fingerprint density at radius 3 is 2.45 bits per heavy atom. The van der Waals surface area contributed by atoms with E-state index in [2.05, 4.69) is 66.0 Å². The first-order chi connectivity index (χ1) is 9.88. The van der Waals surface area contributed by atoms with Gasteiger partial charge in [0.25, 0.3) is 0 Å². The van der Waals surface area contributed by atoms with Crippen LogP contribution in [-0.2, 0) is 0 Å². The van der Waals surface area contributed by atoms with Gasteiger partial charge < -0.3 is 5.32 Å². The van der Waals surface area contributed by atoms with E-state index in [0.29, 0.717) is 12.1 Å². The minimum Gasteiger partial charge on any atom is -0.307 e. The molecule has 0 aliphatic carbocycles. The third kappa shape index (κ3) is 2.19. The Hall–Kier alpha value is -1.86. The molecule has 2 atom stereocenters. The van der Waals surface area contributed by atoms with Gasteiger partial charge in [0.2, 0.25) is 0 Å². The summed E-state index contributed by atoms with van der Waals surface area (Å²) in [4.78, 5) is 0. The van der Waals surface area contributed by atoms with Crippen molar-refractivity contribution in [1.82, 2.24) is 5.32 Å². The molecule has 0 aromatic heterocycles. The lowest BCUT2D eigenvalue weighted by Gasteiger charge is -2.21. The van der Waals surface area contributed by atoms with Crippen molar-refractivity contribution in [2.45, 2.75) is 31.3 Å². The highest BCUT2D eigenvalue weighted by Crippen LogP contribution is 2.33. The van der Waals surface area contributed by atoms with Gasteiger partial charge in [-0.2, -0.15) is 0 Å². The molecule has 2 aliphatic heterocycles. The molecule has 1 N–H and O–H groups in total. The van der Waals surface area contributed by atoms with Gasteiger partial charge >= 0.3 is 0 Å². The van der Waals surface area contributed by atoms with Crippen LogP contribution in [0.2, 0.25) is 0 Å². The molecule has 20 heavy (non-hydrogen) atoms. The molecule has 0 radical (unpaired) electrons. The molecule has 2 heterocycles. The maximum Gasteiger partial charge on any atom is 0.0259 e. The van der Waals surface area contributed by atoms with Gasteiger partial charge in [0, 0.05) is 12.1 Å². The number of hydrogen-bond acceptors (Lipinski definition) is 1. The molecule has 2 aromatic rings. The second-order valence-electron chi connectivity index (χ2n) is 5.89. The summed E-state index contributed by atoms with van der Waals surface area (Å²) in [7, 11) is 0. The largest absolute Gasteiger partial charge is 0.307 e. The Morgan fingerprint density at radius 2 is 1.60 bits per heavy atom. The second-order valence-corrected chi connectivity index (χ2v) is 5.89. The highest BCUT2D eigenvalue weighted by Gasteiger charge is 2.28. The van der Waals surface area contributed by atoms with Gasteiger partial charge in [0.05, 0.1) is 0 Å². The molecular formula is C19H19N. The van der Waals surface area contributed by atoms with E-state index in [4.69, 9.17) is 0 Å². The van der Waals surface area contributed by atoms with E-state index < -0.39 is 0 Å². The Balaban J connectivity index is 1.70. The highest BCUT2D eigenvalue weighted by molar-refractivity contribution is 5.74. The number of fused-ring (bicyclic) bond motifs is 2. The smallest absolute Gasteiger partial charge is 0.0259 e. The third-order valence-electron chi connectivity index (χ3n) is 4.49. The van der Waals surface area contributed by atoms with Crippen LogP contribution in [-0.4, -0.2) is 12.1 Å². The Bertz CT molecular complexity index is 642. The summed E-state index contributed by atoms with van der Waals surface area (Å²) < 4.78 is 0. The van der Waals surface area contributed by atoms with Crippen molar-refractivity contribution in [2.75, 3.05) is 0 Å². The van der Waals surface area contributed by atoms with Gasteiger partial charge in [-0.1, -0.05) is 54.6 Å². The molecule has 100 valence electrons. The summed E-state index contributed by atoms with van der Waals surface area (Å²) >= 11 is 0. The molecule has 2 aliphatic rings. The normalized spacial score (nSPS) is 24.5. The third-order valence-corrected chi connectivity index (χ3v) is 4.49. The van der Waals surface area contributed by atoms with Gasteiger partial charge in [-0.05, 0) is 47.6 Å². The highest BCUT2D eigenvalue weighted by atomic mass is 15.0. The van der Waals surface area contributed by atoms with Gasteiger partial charge in [0.1, 0.15) is 0 Å². The van der Waals surface area contributed by atoms with Crippen LogP contribution in [0.5, 0.6) is 0 Å². The molecule has 2 bridgehead atoms. The summed E-state index contributed by atoms with van der Waals surface area (Å²) in [5.74, 6) is 0. The van der Waals surface area contributed by atoms with Crippen LogP contribution >= 0.6 is 0 Å². The second kappa shape index (κ2) is 4.92. The average molecular weight is 261 g/mol. The molecule has 1 nitrogen and oxygen atoms in total. The molecule has 2 unspecified atom stereocenters. The Labute approximate surface area is 120 Å². The van der Waals surface area contributed by atoms with Crippen LogP contribution < -0.4 is 5.32 Å². The zero-order chi connectivity index (χ0) is 13.4. The van der Waals surface area contributed by atoms with Gasteiger partial charge in [-0.3, -0.25) is 0 Å². The van der Waals surface area contributed by atoms with E-state index in [1.54, 1.807) is 0 Å². The van der Waals surface area contributed by atoms with Crippen LogP contribution in [0.25, 0.3) is 16.7 Å². The Kier molecular flexibility index (Phi) is 2.93. The van der Waals surface area contributed by atoms with Crippen LogP contribution in [0.4, 0.5) is 0 Å². The number of hydrogen-bond donors (Lipinski definition) is 1. The monoisotopic (exact) mass is 261 g/mol. The molecule has 2 aromatic carbocycles. The molecular weight excluding hydrogens is 242 g/mol. The summed E-state index contributed by atoms with van der Waals surface area (Å²) in [6, 6.07) is 20.9. The quantitative estimate of drug-likeness (QED) is 0.851. The van der Waals surface area contributed by atoms with Crippen molar-refractivity contribution < 1.29 is 0 Å². The summed E-state index contributed by atoms with van der Waals surface area (Å²) in [6.07, 6.45) is 6.23. The van der Waals surface area contributed by atoms with E-state index in [-0.39, 0.29) is 0 Å². The average Bonchev–Trinajstić information content (AvgIpc) is 2.86. The molecule has 0 amide bonds. The van der Waals surface area contributed by atoms with Crippen LogP contribution in [0.1, 0.15) is 24.8 Å². The van der Waals surface area contributed by atoms with Crippen molar-refractivity contribution in [3.05, 3.63) is 66.2 Å². The van der Waals surface area contributed by atoms with E-state index in [1.807, 2.05) is 0 Å². The van der Waals surface area contributed by atoms with Crippen molar-refractivity contribution in [1.29, 1.82) is 0 Å². The first-order valence-corrected chi connectivity index (χ1v) is 7.51. The zero-order valence-electron chi connectivity index (χ0n) is 11.5. The van der Waals surface area contributed by atoms with Crippen molar-refractivity contribution in [3.8, 4) is 11.1 Å². The van der Waals surface area contributed by atoms with Gasteiger partial charge in [-0.15, -0.1) is 0 Å². The van der Waals surface area contributed by atoms with Crippen molar-refractivity contribution in [3.63, 3.8) is 0 Å². The van der Waals surface area contributed by atoms with E-state index in [1.165, 1.54) is 41.5 Å². The lowest BCUT2D eigenvalue weighted by molar-refractivity contribution is 0.575. The SMILES string of the molecule is C1=C(c2cccc(-c3ccccc3)c2)CC2CCC1N2. The first kappa shape index (κ1) is 11.9. The molecule has 4 rings (SSSR count). The standard InChI is InChI=1S/C19H19N/c1-2-5-14(6-3-1)15-7-4-8-16(11-15)17-12-18-9-10-19(13-17)20-18/h1-8,11-12,18-20H,9-10,13H2. The first-order valence-electron chi connectivity index (χ1n) is 7.51. The maximum absolute atomic E-state index is 3.66. The lowest BCUT2D eigenvalue weighted by Crippen LogP contribution is -2.31. The predicted molar refractivity (Wildman–Crippen MR) is 84.4 cm³/mol. The summed E-state index contributed by atoms with van der Waals surface area (Å²) in [6.45, 7) is 0. The van der Waals surface area contributed by atoms with Crippen molar-refractivity contribution >= 4 is 5.57 Å². The maximum atomic E-state index is 3.66. The minimum atomic E-state index is 0.601. The van der Waals surface area contributed by atoms with Gasteiger partial charge in [0.15, 0.2) is 0 Å². The van der Waals surface area contributed by atoms with Crippen LogP contribution in [0.3, 0.4) is 0 Å². The fraction of sp³-hybridized carbons (Fsp3) is 0.263. The number of nitrogens with one attached hydrogen (secondary N) is 1. The van der Waals surface area contributed by atoms with Crippen LogP contribution in [0, 0.1) is 0 Å². The summed E-state index contributed by atoms with van der Waals surface area (Å²) in [5, 5.41) is 3.66. The lowest BCUT2D eigenvalue weighted by atomic mass is 9.93. The molecule has 1 fully saturated rings. The fourth-order valence-corrected chi connectivity index (χ4v) is 3.46. The topological polar surface area (TPSA) is 12.0 Å².